The Hall–Kier alpha value is -1.78. The number of phenols is 1. The molecule has 0 aliphatic carbocycles. The average Bonchev–Trinajstić information content (AvgIpc) is 2.83. The zero-order chi connectivity index (χ0) is 13.0. The van der Waals surface area contributed by atoms with Gasteiger partial charge in [-0.05, 0) is 36.8 Å². The summed E-state index contributed by atoms with van der Waals surface area (Å²) < 4.78 is 5.19. The van der Waals surface area contributed by atoms with E-state index in [1.165, 1.54) is 0 Å². The van der Waals surface area contributed by atoms with Crippen LogP contribution in [0, 0.1) is 0 Å². The Balaban J connectivity index is 1.89. The van der Waals surface area contributed by atoms with Gasteiger partial charge in [0.25, 0.3) is 0 Å². The van der Waals surface area contributed by atoms with Gasteiger partial charge in [0.1, 0.15) is 17.1 Å². The zero-order valence-corrected chi connectivity index (χ0v) is 10.3. The highest BCUT2D eigenvalue weighted by Crippen LogP contribution is 2.20. The van der Waals surface area contributed by atoms with Crippen LogP contribution in [0.4, 0.5) is 0 Å². The molecule has 1 atom stereocenters. The number of furan rings is 1. The SMILES string of the molecule is CC(O)(CNCc1cccc(O)c1)c1ccco1. The van der Waals surface area contributed by atoms with Gasteiger partial charge < -0.3 is 19.9 Å². The van der Waals surface area contributed by atoms with Crippen molar-refractivity contribution in [2.45, 2.75) is 19.1 Å². The van der Waals surface area contributed by atoms with Crippen molar-refractivity contribution in [3.05, 3.63) is 54.0 Å². The summed E-state index contributed by atoms with van der Waals surface area (Å²) in [6.07, 6.45) is 1.54. The molecule has 1 aromatic carbocycles. The molecule has 0 fully saturated rings. The molecule has 0 amide bonds. The molecule has 0 saturated heterocycles. The van der Waals surface area contributed by atoms with Gasteiger partial charge in [-0.2, -0.15) is 0 Å². The summed E-state index contributed by atoms with van der Waals surface area (Å²) in [4.78, 5) is 0. The lowest BCUT2D eigenvalue weighted by Crippen LogP contribution is -2.34. The number of hydrogen-bond acceptors (Lipinski definition) is 4. The molecule has 18 heavy (non-hydrogen) atoms. The normalized spacial score (nSPS) is 14.3. The predicted octanol–water partition coefficient (Wildman–Crippen LogP) is 1.98. The van der Waals surface area contributed by atoms with Gasteiger partial charge in [-0.1, -0.05) is 12.1 Å². The fraction of sp³-hybridized carbons (Fsp3) is 0.286. The summed E-state index contributed by atoms with van der Waals surface area (Å²) in [5.41, 5.74) is -0.0782. The molecule has 96 valence electrons. The van der Waals surface area contributed by atoms with Crippen molar-refractivity contribution >= 4 is 0 Å². The number of hydrogen-bond donors (Lipinski definition) is 3. The van der Waals surface area contributed by atoms with E-state index in [-0.39, 0.29) is 5.75 Å². The van der Waals surface area contributed by atoms with E-state index in [1.807, 2.05) is 6.07 Å². The second kappa shape index (κ2) is 5.25. The molecule has 1 heterocycles. The van der Waals surface area contributed by atoms with Crippen molar-refractivity contribution in [1.82, 2.24) is 5.32 Å². The first-order chi connectivity index (χ1) is 8.58. The first kappa shape index (κ1) is 12.7. The summed E-state index contributed by atoms with van der Waals surface area (Å²) in [5, 5.41) is 22.7. The third kappa shape index (κ3) is 3.12. The highest BCUT2D eigenvalue weighted by atomic mass is 16.4. The first-order valence-corrected chi connectivity index (χ1v) is 5.83. The van der Waals surface area contributed by atoms with Crippen LogP contribution in [0.2, 0.25) is 0 Å². The highest BCUT2D eigenvalue weighted by molar-refractivity contribution is 5.27. The number of phenolic OH excluding ortho intramolecular Hbond substituents is 1. The zero-order valence-electron chi connectivity index (χ0n) is 10.3. The van der Waals surface area contributed by atoms with E-state index in [4.69, 9.17) is 4.42 Å². The average molecular weight is 247 g/mol. The predicted molar refractivity (Wildman–Crippen MR) is 68.1 cm³/mol. The molecule has 0 radical (unpaired) electrons. The Kier molecular flexibility index (Phi) is 3.69. The minimum absolute atomic E-state index is 0.243. The van der Waals surface area contributed by atoms with E-state index in [0.29, 0.717) is 18.8 Å². The van der Waals surface area contributed by atoms with Crippen LogP contribution in [0.3, 0.4) is 0 Å². The van der Waals surface area contributed by atoms with E-state index < -0.39 is 5.60 Å². The van der Waals surface area contributed by atoms with Crippen LogP contribution in [-0.4, -0.2) is 16.8 Å². The Labute approximate surface area is 106 Å². The third-order valence-corrected chi connectivity index (χ3v) is 2.76. The molecule has 0 aliphatic heterocycles. The van der Waals surface area contributed by atoms with Gasteiger partial charge >= 0.3 is 0 Å². The summed E-state index contributed by atoms with van der Waals surface area (Å²) in [5.74, 6) is 0.776. The second-order valence-corrected chi connectivity index (χ2v) is 4.52. The van der Waals surface area contributed by atoms with Crippen molar-refractivity contribution in [2.24, 2.45) is 0 Å². The monoisotopic (exact) mass is 247 g/mol. The maximum Gasteiger partial charge on any atom is 0.136 e. The van der Waals surface area contributed by atoms with E-state index >= 15 is 0 Å². The first-order valence-electron chi connectivity index (χ1n) is 5.83. The van der Waals surface area contributed by atoms with Gasteiger partial charge in [0.15, 0.2) is 0 Å². The Bertz CT molecular complexity index is 492. The second-order valence-electron chi connectivity index (χ2n) is 4.52. The Morgan fingerprint density at radius 2 is 2.11 bits per heavy atom. The van der Waals surface area contributed by atoms with E-state index in [0.717, 1.165) is 5.56 Å². The fourth-order valence-electron chi connectivity index (χ4n) is 1.79. The van der Waals surface area contributed by atoms with Crippen molar-refractivity contribution in [2.75, 3.05) is 6.54 Å². The molecule has 4 nitrogen and oxygen atoms in total. The molecule has 0 saturated carbocycles. The largest absolute Gasteiger partial charge is 0.508 e. The minimum Gasteiger partial charge on any atom is -0.508 e. The lowest BCUT2D eigenvalue weighted by Gasteiger charge is -2.21. The van der Waals surface area contributed by atoms with Crippen LogP contribution in [0.1, 0.15) is 18.2 Å². The lowest BCUT2D eigenvalue weighted by atomic mass is 10.0. The van der Waals surface area contributed by atoms with Crippen molar-refractivity contribution < 1.29 is 14.6 Å². The van der Waals surface area contributed by atoms with E-state index in [9.17, 15) is 10.2 Å². The highest BCUT2D eigenvalue weighted by Gasteiger charge is 2.25. The van der Waals surface area contributed by atoms with Crippen LogP contribution in [0.25, 0.3) is 0 Å². The van der Waals surface area contributed by atoms with Gasteiger partial charge in [0.05, 0.1) is 6.26 Å². The maximum atomic E-state index is 10.2. The van der Waals surface area contributed by atoms with Crippen molar-refractivity contribution in [3.8, 4) is 5.75 Å². The fourth-order valence-corrected chi connectivity index (χ4v) is 1.79. The molecule has 0 aliphatic rings. The number of benzene rings is 1. The summed E-state index contributed by atoms with van der Waals surface area (Å²) in [6.45, 7) is 2.64. The Morgan fingerprint density at radius 3 is 2.78 bits per heavy atom. The summed E-state index contributed by atoms with van der Waals surface area (Å²) in [7, 11) is 0. The van der Waals surface area contributed by atoms with E-state index in [2.05, 4.69) is 5.32 Å². The summed E-state index contributed by atoms with van der Waals surface area (Å²) >= 11 is 0. The van der Waals surface area contributed by atoms with E-state index in [1.54, 1.807) is 43.5 Å². The van der Waals surface area contributed by atoms with Crippen LogP contribution in [-0.2, 0) is 12.1 Å². The molecular weight excluding hydrogens is 230 g/mol. The number of rotatable bonds is 5. The van der Waals surface area contributed by atoms with Crippen LogP contribution in [0.5, 0.6) is 5.75 Å². The molecule has 3 N–H and O–H groups in total. The quantitative estimate of drug-likeness (QED) is 0.756. The molecule has 1 aromatic heterocycles. The lowest BCUT2D eigenvalue weighted by molar-refractivity contribution is 0.0340. The molecular formula is C14H17NO3. The number of aromatic hydroxyl groups is 1. The minimum atomic E-state index is -1.04. The number of nitrogens with one attached hydrogen (secondary N) is 1. The number of aliphatic hydroxyl groups is 1. The standard InChI is InChI=1S/C14H17NO3/c1-14(17,13-6-3-7-18-13)10-15-9-11-4-2-5-12(16)8-11/h2-8,15-17H,9-10H2,1H3. The Morgan fingerprint density at radius 1 is 1.28 bits per heavy atom. The van der Waals surface area contributed by atoms with Gasteiger partial charge in [-0.25, -0.2) is 0 Å². The van der Waals surface area contributed by atoms with Crippen LogP contribution in [0.15, 0.2) is 47.1 Å². The van der Waals surface area contributed by atoms with Gasteiger partial charge in [0, 0.05) is 13.1 Å². The van der Waals surface area contributed by atoms with Crippen LogP contribution >= 0.6 is 0 Å². The van der Waals surface area contributed by atoms with Gasteiger partial charge in [-0.3, -0.25) is 0 Å². The molecule has 2 aromatic rings. The van der Waals surface area contributed by atoms with Crippen molar-refractivity contribution in [1.29, 1.82) is 0 Å². The van der Waals surface area contributed by atoms with Crippen molar-refractivity contribution in [3.63, 3.8) is 0 Å². The van der Waals surface area contributed by atoms with Crippen LogP contribution < -0.4 is 5.32 Å². The molecule has 0 spiro atoms. The summed E-state index contributed by atoms with van der Waals surface area (Å²) in [6, 6.07) is 10.5. The maximum absolute atomic E-state index is 10.2. The smallest absolute Gasteiger partial charge is 0.136 e. The topological polar surface area (TPSA) is 65.6 Å². The molecule has 0 bridgehead atoms. The molecule has 4 heteroatoms. The third-order valence-electron chi connectivity index (χ3n) is 2.76. The van der Waals surface area contributed by atoms with Gasteiger partial charge in [-0.15, -0.1) is 0 Å². The molecule has 2 rings (SSSR count). The van der Waals surface area contributed by atoms with Gasteiger partial charge in [0.2, 0.25) is 0 Å². The molecule has 1 unspecified atom stereocenters.